The molecule has 0 unspecified atom stereocenters. The van der Waals surface area contributed by atoms with Crippen molar-refractivity contribution in [3.63, 3.8) is 0 Å². The van der Waals surface area contributed by atoms with Crippen LogP contribution in [0.15, 0.2) is 18.2 Å². The van der Waals surface area contributed by atoms with Crippen molar-refractivity contribution in [3.05, 3.63) is 29.3 Å². The van der Waals surface area contributed by atoms with Crippen molar-refractivity contribution >= 4 is 24.1 Å². The third-order valence-corrected chi connectivity index (χ3v) is 3.24. The number of carboxylic acid groups (broad SMARTS) is 1. The van der Waals surface area contributed by atoms with Gasteiger partial charge in [-0.2, -0.15) is 13.2 Å². The van der Waals surface area contributed by atoms with Crippen LogP contribution in [0.4, 0.5) is 18.9 Å². The molecule has 7 heteroatoms. The van der Waals surface area contributed by atoms with Gasteiger partial charge >= 0.3 is 12.1 Å². The predicted molar refractivity (Wildman–Crippen MR) is 71.7 cm³/mol. The molecule has 0 atom stereocenters. The summed E-state index contributed by atoms with van der Waals surface area (Å²) >= 11 is 0. The third-order valence-electron chi connectivity index (χ3n) is 3.24. The van der Waals surface area contributed by atoms with Crippen LogP contribution in [-0.4, -0.2) is 24.2 Å². The predicted octanol–water partition coefficient (Wildman–Crippen LogP) is 3.82. The van der Waals surface area contributed by atoms with Gasteiger partial charge in [-0.25, -0.2) is 4.79 Å². The zero-order valence-corrected chi connectivity index (χ0v) is 11.4. The van der Waals surface area contributed by atoms with Gasteiger partial charge in [0.25, 0.3) is 0 Å². The maximum Gasteiger partial charge on any atom is 0.418 e. The van der Waals surface area contributed by atoms with Crippen LogP contribution in [0, 0.1) is 0 Å². The Balaban J connectivity index is 0.00000200. The molecule has 1 N–H and O–H groups in total. The number of anilines is 1. The summed E-state index contributed by atoms with van der Waals surface area (Å²) in [6, 6.07) is 3.30. The molecule has 0 spiro atoms. The van der Waals surface area contributed by atoms with E-state index in [0.29, 0.717) is 13.1 Å². The van der Waals surface area contributed by atoms with Crippen molar-refractivity contribution in [1.29, 1.82) is 0 Å². The number of alkyl halides is 3. The first-order chi connectivity index (χ1) is 8.91. The van der Waals surface area contributed by atoms with Gasteiger partial charge in [-0.05, 0) is 31.4 Å². The summed E-state index contributed by atoms with van der Waals surface area (Å²) in [5, 5.41) is 9.09. The van der Waals surface area contributed by atoms with Gasteiger partial charge in [0.15, 0.2) is 0 Å². The molecule has 1 aliphatic heterocycles. The summed E-state index contributed by atoms with van der Waals surface area (Å²) in [5.41, 5.74) is -1.34. The second-order valence-electron chi connectivity index (χ2n) is 4.55. The zero-order chi connectivity index (χ0) is 14.0. The number of hydrogen-bond acceptors (Lipinski definition) is 2. The van der Waals surface area contributed by atoms with Crippen molar-refractivity contribution in [2.45, 2.75) is 25.4 Å². The molecule has 112 valence electrons. The normalized spacial score (nSPS) is 15.7. The largest absolute Gasteiger partial charge is 0.478 e. The molecule has 20 heavy (non-hydrogen) atoms. The first-order valence-corrected chi connectivity index (χ1v) is 6.09. The number of rotatable bonds is 2. The van der Waals surface area contributed by atoms with Gasteiger partial charge in [-0.1, -0.05) is 6.07 Å². The van der Waals surface area contributed by atoms with E-state index in [0.717, 1.165) is 31.4 Å². The molecule has 0 saturated carbocycles. The van der Waals surface area contributed by atoms with Crippen molar-refractivity contribution in [2.75, 3.05) is 18.0 Å². The van der Waals surface area contributed by atoms with Crippen LogP contribution in [-0.2, 0) is 6.18 Å². The number of benzene rings is 1. The van der Waals surface area contributed by atoms with Crippen molar-refractivity contribution in [1.82, 2.24) is 0 Å². The molecule has 1 aromatic carbocycles. The molecule has 0 bridgehead atoms. The van der Waals surface area contributed by atoms with E-state index in [1.807, 2.05) is 0 Å². The average Bonchev–Trinajstić information content (AvgIpc) is 2.37. The fourth-order valence-electron chi connectivity index (χ4n) is 2.40. The first-order valence-electron chi connectivity index (χ1n) is 6.09. The highest BCUT2D eigenvalue weighted by Crippen LogP contribution is 2.39. The lowest BCUT2D eigenvalue weighted by Gasteiger charge is -2.32. The highest BCUT2D eigenvalue weighted by atomic mass is 35.5. The lowest BCUT2D eigenvalue weighted by molar-refractivity contribution is -0.137. The summed E-state index contributed by atoms with van der Waals surface area (Å²) in [4.78, 5) is 12.7. The zero-order valence-electron chi connectivity index (χ0n) is 10.6. The second-order valence-corrected chi connectivity index (χ2v) is 4.55. The van der Waals surface area contributed by atoms with E-state index in [1.54, 1.807) is 0 Å². The summed E-state index contributed by atoms with van der Waals surface area (Å²) in [6.07, 6.45) is -2.01. The third kappa shape index (κ3) is 3.36. The van der Waals surface area contributed by atoms with E-state index < -0.39 is 17.7 Å². The van der Waals surface area contributed by atoms with Crippen molar-refractivity contribution in [2.24, 2.45) is 0 Å². The van der Waals surface area contributed by atoms with E-state index in [-0.39, 0.29) is 23.7 Å². The van der Waals surface area contributed by atoms with Gasteiger partial charge in [0.1, 0.15) is 0 Å². The molecule has 1 aliphatic rings. The Morgan fingerprint density at radius 1 is 1.15 bits per heavy atom. The summed E-state index contributed by atoms with van der Waals surface area (Å²) in [5.74, 6) is -1.33. The lowest BCUT2D eigenvalue weighted by Crippen LogP contribution is -2.33. The molecule has 1 fully saturated rings. The second kappa shape index (κ2) is 6.35. The number of carbonyl (C=O) groups is 1. The summed E-state index contributed by atoms with van der Waals surface area (Å²) < 4.78 is 39.1. The van der Waals surface area contributed by atoms with Crippen molar-refractivity contribution in [3.8, 4) is 0 Å². The molecule has 0 amide bonds. The molecule has 0 radical (unpaired) electrons. The maximum atomic E-state index is 13.0. The number of carboxylic acids is 1. The molecule has 0 aliphatic carbocycles. The van der Waals surface area contributed by atoms with Crippen LogP contribution >= 0.6 is 12.4 Å². The standard InChI is InChI=1S/C13H14F3NO2.ClH/c14-13(15,16)10-6-4-5-9(12(18)19)11(10)17-7-2-1-3-8-17;/h4-6H,1-3,7-8H2,(H,18,19);1H. The SMILES string of the molecule is Cl.O=C(O)c1cccc(C(F)(F)F)c1N1CCCCC1. The minimum Gasteiger partial charge on any atom is -0.478 e. The number of piperidine rings is 1. The highest BCUT2D eigenvalue weighted by Gasteiger charge is 2.37. The van der Waals surface area contributed by atoms with Gasteiger partial charge < -0.3 is 10.0 Å². The Hall–Kier alpha value is -1.43. The van der Waals surface area contributed by atoms with Crippen molar-refractivity contribution < 1.29 is 23.1 Å². The number of aromatic carboxylic acids is 1. The van der Waals surface area contributed by atoms with Crippen LogP contribution in [0.1, 0.15) is 35.2 Å². The fraction of sp³-hybridized carbons (Fsp3) is 0.462. The van der Waals surface area contributed by atoms with Crippen LogP contribution in [0.3, 0.4) is 0 Å². The van der Waals surface area contributed by atoms with E-state index in [9.17, 15) is 18.0 Å². The molecule has 1 saturated heterocycles. The molecular formula is C13H15ClF3NO2. The number of para-hydroxylation sites is 1. The van der Waals surface area contributed by atoms with Gasteiger partial charge in [-0.3, -0.25) is 0 Å². The quantitative estimate of drug-likeness (QED) is 0.903. The Morgan fingerprint density at radius 3 is 2.25 bits per heavy atom. The van der Waals surface area contributed by atoms with Gasteiger partial charge in [0.05, 0.1) is 16.8 Å². The Morgan fingerprint density at radius 2 is 1.75 bits per heavy atom. The molecule has 0 aromatic heterocycles. The topological polar surface area (TPSA) is 40.5 Å². The number of hydrogen-bond donors (Lipinski definition) is 1. The smallest absolute Gasteiger partial charge is 0.418 e. The molecule has 3 nitrogen and oxygen atoms in total. The lowest BCUT2D eigenvalue weighted by atomic mass is 10.0. The minimum absolute atomic E-state index is 0. The molecule has 1 aromatic rings. The molecule has 1 heterocycles. The Labute approximate surface area is 120 Å². The van der Waals surface area contributed by atoms with Gasteiger partial charge in [-0.15, -0.1) is 12.4 Å². The molecular weight excluding hydrogens is 295 g/mol. The average molecular weight is 310 g/mol. The number of nitrogens with zero attached hydrogens (tertiary/aromatic N) is 1. The minimum atomic E-state index is -4.54. The van der Waals surface area contributed by atoms with Crippen LogP contribution in [0.2, 0.25) is 0 Å². The highest BCUT2D eigenvalue weighted by molar-refractivity contribution is 5.95. The first kappa shape index (κ1) is 16.6. The van der Waals surface area contributed by atoms with Gasteiger partial charge in [0.2, 0.25) is 0 Å². The van der Waals surface area contributed by atoms with E-state index in [2.05, 4.69) is 0 Å². The Bertz CT molecular complexity index is 485. The summed E-state index contributed by atoms with van der Waals surface area (Å²) in [7, 11) is 0. The molecule has 2 rings (SSSR count). The summed E-state index contributed by atoms with van der Waals surface area (Å²) in [6.45, 7) is 0.931. The van der Waals surface area contributed by atoms with Crippen LogP contribution < -0.4 is 4.90 Å². The van der Waals surface area contributed by atoms with E-state index in [4.69, 9.17) is 5.11 Å². The van der Waals surface area contributed by atoms with Crippen LogP contribution in [0.25, 0.3) is 0 Å². The maximum absolute atomic E-state index is 13.0. The Kier molecular flexibility index (Phi) is 5.28. The van der Waals surface area contributed by atoms with E-state index in [1.165, 1.54) is 11.0 Å². The number of halogens is 4. The van der Waals surface area contributed by atoms with Gasteiger partial charge in [0, 0.05) is 13.1 Å². The monoisotopic (exact) mass is 309 g/mol. The van der Waals surface area contributed by atoms with Crippen LogP contribution in [0.5, 0.6) is 0 Å². The fourth-order valence-corrected chi connectivity index (χ4v) is 2.40. The van der Waals surface area contributed by atoms with E-state index >= 15 is 0 Å².